The van der Waals surface area contributed by atoms with Gasteiger partial charge < -0.3 is 4.74 Å². The smallest absolute Gasteiger partial charge is 0.355 e. The Balaban J connectivity index is 3.23. The monoisotopic (exact) mass is 104 g/mol. The molecule has 0 fully saturated rings. The number of hydrogen-bond donors (Lipinski definition) is 0. The maximum Gasteiger partial charge on any atom is 0.355 e. The van der Waals surface area contributed by atoms with Gasteiger partial charge in [0.2, 0.25) is 0 Å². The quantitative estimate of drug-likeness (QED) is 0.466. The van der Waals surface area contributed by atoms with Crippen molar-refractivity contribution in [1.82, 2.24) is 0 Å². The molecule has 6 heavy (non-hydrogen) atoms. The van der Waals surface area contributed by atoms with Gasteiger partial charge in [-0.05, 0) is 0 Å². The largest absolute Gasteiger partial charge is 0.463 e. The fourth-order valence-electron chi connectivity index (χ4n) is 0.0645. The highest BCUT2D eigenvalue weighted by molar-refractivity contribution is 7.55. The van der Waals surface area contributed by atoms with Crippen LogP contribution in [0.5, 0.6) is 0 Å². The minimum absolute atomic E-state index is 0.296. The Labute approximate surface area is 37.9 Å². The van der Waals surface area contributed by atoms with Gasteiger partial charge >= 0.3 is 5.71 Å². The van der Waals surface area contributed by atoms with E-state index in [0.717, 1.165) is 0 Å². The number of methoxy groups -OCH3 is 1. The van der Waals surface area contributed by atoms with Crippen molar-refractivity contribution in [1.29, 1.82) is 0 Å². The highest BCUT2D eigenvalue weighted by atomic mass is 31.1. The Morgan fingerprint density at radius 1 is 2.00 bits per heavy atom. The summed E-state index contributed by atoms with van der Waals surface area (Å²) in [6.45, 7) is 0. The van der Waals surface area contributed by atoms with Crippen LogP contribution in [0.4, 0.5) is 4.79 Å². The first kappa shape index (κ1) is 5.64. The number of rotatable bonds is 1. The highest BCUT2D eigenvalue weighted by Crippen LogP contribution is 1.93. The normalized spacial score (nSPS) is 8.17. The van der Waals surface area contributed by atoms with Gasteiger partial charge in [0.05, 0.1) is 7.11 Å². The van der Waals surface area contributed by atoms with E-state index in [1.54, 1.807) is 0 Å². The molecule has 0 amide bonds. The predicted octanol–water partition coefficient (Wildman–Crippen LogP) is 1.13. The van der Waals surface area contributed by atoms with Crippen molar-refractivity contribution in [3.8, 4) is 0 Å². The van der Waals surface area contributed by atoms with Gasteiger partial charge in [0, 0.05) is 8.20 Å². The van der Waals surface area contributed by atoms with Crippen molar-refractivity contribution in [2.75, 3.05) is 7.11 Å². The lowest BCUT2D eigenvalue weighted by molar-refractivity contribution is 0.200. The lowest BCUT2D eigenvalue weighted by Crippen LogP contribution is -1.81. The zero-order chi connectivity index (χ0) is 4.99. The first-order valence-electron chi connectivity index (χ1n) is 1.36. The topological polar surface area (TPSA) is 26.3 Å². The molecule has 0 radical (unpaired) electrons. The molecule has 0 aromatic heterocycles. The maximum absolute atomic E-state index is 9.88. The Morgan fingerprint density at radius 3 is 2.50 bits per heavy atom. The number of carbonyl (C=O) groups is 1. The Morgan fingerprint density at radius 2 is 2.50 bits per heavy atom. The molecular weight excluding hydrogens is 99.0 g/mol. The van der Waals surface area contributed by atoms with Crippen LogP contribution in [0.3, 0.4) is 0 Å². The molecular formula is C3H5O2P. The van der Waals surface area contributed by atoms with Gasteiger partial charge in [0.1, 0.15) is 0 Å². The van der Waals surface area contributed by atoms with Crippen LogP contribution in [0, 0.1) is 0 Å². The van der Waals surface area contributed by atoms with E-state index in [1.807, 2.05) is 0 Å². The van der Waals surface area contributed by atoms with E-state index >= 15 is 0 Å². The van der Waals surface area contributed by atoms with Crippen molar-refractivity contribution in [2.45, 2.75) is 0 Å². The molecule has 0 saturated carbocycles. The summed E-state index contributed by atoms with van der Waals surface area (Å²) in [5.41, 5.74) is -0.296. The molecule has 0 saturated heterocycles. The van der Waals surface area contributed by atoms with Gasteiger partial charge in [0.15, 0.2) is 0 Å². The van der Waals surface area contributed by atoms with Crippen LogP contribution >= 0.6 is 8.20 Å². The van der Waals surface area contributed by atoms with Gasteiger partial charge in [-0.15, -0.1) is 0 Å². The van der Waals surface area contributed by atoms with Crippen LogP contribution < -0.4 is 0 Å². The SMILES string of the molecule is C=PC(=O)OC. The number of hydrogen-bond acceptors (Lipinski definition) is 2. The minimum atomic E-state index is -0.296. The standard InChI is InChI=1S/C3H5O2P/c1-5-3(4)6-2/h2H2,1H3. The molecule has 0 aromatic rings. The number of carbonyl (C=O) groups excluding carboxylic acids is 1. The molecule has 0 aliphatic heterocycles. The minimum Gasteiger partial charge on any atom is -0.463 e. The van der Waals surface area contributed by atoms with Gasteiger partial charge in [0.25, 0.3) is 0 Å². The van der Waals surface area contributed by atoms with E-state index in [9.17, 15) is 4.79 Å². The molecule has 0 rings (SSSR count). The summed E-state index contributed by atoms with van der Waals surface area (Å²) in [5.74, 6) is 0. The summed E-state index contributed by atoms with van der Waals surface area (Å²) in [7, 11) is 1.75. The molecule has 2 nitrogen and oxygen atoms in total. The van der Waals surface area contributed by atoms with Gasteiger partial charge in [-0.2, -0.15) is 0 Å². The van der Waals surface area contributed by atoms with Gasteiger partial charge in [-0.1, -0.05) is 6.30 Å². The fraction of sp³-hybridized carbons (Fsp3) is 0.333. The van der Waals surface area contributed by atoms with E-state index in [0.29, 0.717) is 8.20 Å². The summed E-state index contributed by atoms with van der Waals surface area (Å²) in [6.07, 6.45) is 3.25. The molecule has 34 valence electrons. The number of ether oxygens (including phenoxy) is 1. The molecule has 0 atom stereocenters. The molecule has 0 aliphatic rings. The molecule has 0 aromatic carbocycles. The average Bonchev–Trinajstić information content (AvgIpc) is 1.65. The van der Waals surface area contributed by atoms with Gasteiger partial charge in [-0.3, -0.25) is 0 Å². The van der Waals surface area contributed by atoms with E-state index in [4.69, 9.17) is 0 Å². The van der Waals surface area contributed by atoms with Crippen molar-refractivity contribution >= 4 is 20.2 Å². The maximum atomic E-state index is 9.88. The van der Waals surface area contributed by atoms with E-state index < -0.39 is 0 Å². The lowest BCUT2D eigenvalue weighted by atomic mass is 11.5. The average molecular weight is 104 g/mol. The molecule has 3 heteroatoms. The van der Waals surface area contributed by atoms with Crippen LogP contribution in [-0.4, -0.2) is 19.1 Å². The van der Waals surface area contributed by atoms with E-state index in [2.05, 4.69) is 11.0 Å². The summed E-state index contributed by atoms with van der Waals surface area (Å²) in [5, 5.41) is 0. The fourth-order valence-corrected chi connectivity index (χ4v) is 0.194. The molecule has 0 spiro atoms. The molecule has 0 aliphatic carbocycles. The second kappa shape index (κ2) is 2.86. The second-order valence-electron chi connectivity index (χ2n) is 0.628. The van der Waals surface area contributed by atoms with Crippen LogP contribution in [0.1, 0.15) is 0 Å². The summed E-state index contributed by atoms with van der Waals surface area (Å²) in [6, 6.07) is 0. The Bertz CT molecular complexity index is 69.2. The Kier molecular flexibility index (Phi) is 2.68. The van der Waals surface area contributed by atoms with Crippen molar-refractivity contribution in [3.63, 3.8) is 0 Å². The van der Waals surface area contributed by atoms with E-state index in [1.165, 1.54) is 7.11 Å². The molecule has 0 heterocycles. The Hall–Kier alpha value is -0.360. The third kappa shape index (κ3) is 1.91. The third-order valence-electron chi connectivity index (χ3n) is 0.304. The van der Waals surface area contributed by atoms with Crippen molar-refractivity contribution in [3.05, 3.63) is 0 Å². The first-order chi connectivity index (χ1) is 2.81. The second-order valence-corrected chi connectivity index (χ2v) is 1.31. The highest BCUT2D eigenvalue weighted by Gasteiger charge is 1.83. The molecule has 0 bridgehead atoms. The van der Waals surface area contributed by atoms with Crippen molar-refractivity contribution in [2.24, 2.45) is 0 Å². The van der Waals surface area contributed by atoms with Crippen molar-refractivity contribution < 1.29 is 9.53 Å². The summed E-state index contributed by atoms with van der Waals surface area (Å²) in [4.78, 5) is 9.88. The lowest BCUT2D eigenvalue weighted by Gasteiger charge is -1.82. The van der Waals surface area contributed by atoms with Crippen LogP contribution in [0.15, 0.2) is 0 Å². The zero-order valence-corrected chi connectivity index (χ0v) is 4.37. The summed E-state index contributed by atoms with van der Waals surface area (Å²) >= 11 is 0. The van der Waals surface area contributed by atoms with E-state index in [-0.39, 0.29) is 5.71 Å². The first-order valence-corrected chi connectivity index (χ1v) is 2.44. The van der Waals surface area contributed by atoms with Crippen LogP contribution in [-0.2, 0) is 4.74 Å². The van der Waals surface area contributed by atoms with Crippen LogP contribution in [0.25, 0.3) is 0 Å². The predicted molar refractivity (Wildman–Crippen MR) is 26.4 cm³/mol. The molecule has 0 unspecified atom stereocenters. The van der Waals surface area contributed by atoms with Gasteiger partial charge in [-0.25, -0.2) is 4.79 Å². The summed E-state index contributed by atoms with van der Waals surface area (Å²) < 4.78 is 4.19. The zero-order valence-electron chi connectivity index (χ0n) is 3.47. The third-order valence-corrected chi connectivity index (χ3v) is 0.744. The van der Waals surface area contributed by atoms with Crippen LogP contribution in [0.2, 0.25) is 0 Å². The molecule has 0 N–H and O–H groups in total.